The molecule has 0 spiro atoms. The van der Waals surface area contributed by atoms with Crippen molar-refractivity contribution in [1.82, 2.24) is 9.97 Å². The van der Waals surface area contributed by atoms with E-state index in [1.807, 2.05) is 30.3 Å². The molecule has 0 radical (unpaired) electrons. The van der Waals surface area contributed by atoms with Gasteiger partial charge < -0.3 is 4.98 Å². The van der Waals surface area contributed by atoms with E-state index < -0.39 is 0 Å². The zero-order chi connectivity index (χ0) is 10.8. The molecule has 2 aromatic rings. The maximum Gasteiger partial charge on any atom is 0.270 e. The molecule has 4 heteroatoms. The van der Waals surface area contributed by atoms with Crippen LogP contribution in [-0.4, -0.2) is 9.97 Å². The summed E-state index contributed by atoms with van der Waals surface area (Å²) >= 11 is 5.73. The summed E-state index contributed by atoms with van der Waals surface area (Å²) in [7, 11) is 0. The third kappa shape index (κ3) is 1.92. The third-order valence-corrected chi connectivity index (χ3v) is 2.52. The normalized spacial score (nSPS) is 10.3. The number of hydrogen-bond acceptors (Lipinski definition) is 2. The molecule has 0 aliphatic carbocycles. The van der Waals surface area contributed by atoms with Crippen molar-refractivity contribution >= 4 is 11.6 Å². The lowest BCUT2D eigenvalue weighted by molar-refractivity contribution is 1.07. The van der Waals surface area contributed by atoms with Crippen LogP contribution in [0, 0.1) is 6.92 Å². The number of hydrogen-bond donors (Lipinski definition) is 1. The Morgan fingerprint density at radius 2 is 1.93 bits per heavy atom. The molecular formula is C11H9ClN2O. The average molecular weight is 221 g/mol. The fourth-order valence-electron chi connectivity index (χ4n) is 1.30. The predicted octanol–water partition coefficient (Wildman–Crippen LogP) is 2.40. The van der Waals surface area contributed by atoms with Crippen molar-refractivity contribution in [2.45, 2.75) is 6.92 Å². The van der Waals surface area contributed by atoms with Crippen LogP contribution < -0.4 is 5.56 Å². The number of halogens is 1. The summed E-state index contributed by atoms with van der Waals surface area (Å²) in [6.07, 6.45) is 0. The van der Waals surface area contributed by atoms with Gasteiger partial charge >= 0.3 is 0 Å². The monoisotopic (exact) mass is 220 g/mol. The number of aromatic amines is 1. The Balaban J connectivity index is 2.61. The van der Waals surface area contributed by atoms with Crippen molar-refractivity contribution in [3.8, 4) is 11.4 Å². The SMILES string of the molecule is Cc1nc(-c2ccccc2)[nH]c(=O)c1Cl. The van der Waals surface area contributed by atoms with Gasteiger partial charge in [-0.05, 0) is 6.92 Å². The van der Waals surface area contributed by atoms with E-state index in [1.165, 1.54) is 0 Å². The van der Waals surface area contributed by atoms with Gasteiger partial charge in [-0.15, -0.1) is 0 Å². The topological polar surface area (TPSA) is 45.8 Å². The van der Waals surface area contributed by atoms with Crippen LogP contribution in [0.5, 0.6) is 0 Å². The summed E-state index contributed by atoms with van der Waals surface area (Å²) in [6, 6.07) is 9.44. The Morgan fingerprint density at radius 3 is 2.53 bits per heavy atom. The molecule has 0 bridgehead atoms. The minimum absolute atomic E-state index is 0.148. The summed E-state index contributed by atoms with van der Waals surface area (Å²) in [5.41, 5.74) is 1.11. The first-order valence-corrected chi connectivity index (χ1v) is 4.88. The van der Waals surface area contributed by atoms with Crippen molar-refractivity contribution in [2.24, 2.45) is 0 Å². The van der Waals surface area contributed by atoms with Crippen LogP contribution in [0.15, 0.2) is 35.1 Å². The van der Waals surface area contributed by atoms with Gasteiger partial charge in [-0.1, -0.05) is 41.9 Å². The molecule has 1 aromatic heterocycles. The molecule has 1 N–H and O–H groups in total. The van der Waals surface area contributed by atoms with Gasteiger partial charge in [-0.2, -0.15) is 0 Å². The molecule has 0 saturated heterocycles. The Bertz CT molecular complexity index is 534. The van der Waals surface area contributed by atoms with Gasteiger partial charge in [0.05, 0.1) is 5.69 Å². The van der Waals surface area contributed by atoms with Gasteiger partial charge in [0.1, 0.15) is 10.8 Å². The first kappa shape index (κ1) is 9.93. The highest BCUT2D eigenvalue weighted by molar-refractivity contribution is 6.30. The Kier molecular flexibility index (Phi) is 2.56. The third-order valence-electron chi connectivity index (χ3n) is 2.08. The van der Waals surface area contributed by atoms with Crippen molar-refractivity contribution in [3.63, 3.8) is 0 Å². The number of aromatic nitrogens is 2. The predicted molar refractivity (Wildman–Crippen MR) is 60.0 cm³/mol. The van der Waals surface area contributed by atoms with E-state index in [2.05, 4.69) is 9.97 Å². The van der Waals surface area contributed by atoms with E-state index in [4.69, 9.17) is 11.6 Å². The number of benzene rings is 1. The van der Waals surface area contributed by atoms with E-state index in [1.54, 1.807) is 6.92 Å². The molecule has 0 saturated carbocycles. The standard InChI is InChI=1S/C11H9ClN2O/c1-7-9(12)11(15)14-10(13-7)8-5-3-2-4-6-8/h2-6H,1H3,(H,13,14,15). The Hall–Kier alpha value is -1.61. The van der Waals surface area contributed by atoms with Gasteiger partial charge in [0.2, 0.25) is 0 Å². The first-order valence-electron chi connectivity index (χ1n) is 4.50. The van der Waals surface area contributed by atoms with Crippen LogP contribution in [0.25, 0.3) is 11.4 Å². The zero-order valence-corrected chi connectivity index (χ0v) is 8.88. The molecule has 1 aromatic carbocycles. The van der Waals surface area contributed by atoms with E-state index in [0.717, 1.165) is 5.56 Å². The molecule has 0 amide bonds. The minimum Gasteiger partial charge on any atom is -0.305 e. The van der Waals surface area contributed by atoms with Gasteiger partial charge in [0.15, 0.2) is 0 Å². The summed E-state index contributed by atoms with van der Waals surface area (Å²) in [5, 5.41) is 0.148. The molecule has 0 atom stereocenters. The summed E-state index contributed by atoms with van der Waals surface area (Å²) < 4.78 is 0. The van der Waals surface area contributed by atoms with E-state index >= 15 is 0 Å². The number of aryl methyl sites for hydroxylation is 1. The van der Waals surface area contributed by atoms with Crippen LogP contribution in [0.1, 0.15) is 5.69 Å². The molecule has 0 aliphatic heterocycles. The highest BCUT2D eigenvalue weighted by Crippen LogP contribution is 2.15. The zero-order valence-electron chi connectivity index (χ0n) is 8.12. The molecule has 15 heavy (non-hydrogen) atoms. The maximum atomic E-state index is 11.4. The molecule has 2 rings (SSSR count). The summed E-state index contributed by atoms with van der Waals surface area (Å²) in [4.78, 5) is 18.3. The average Bonchev–Trinajstić information content (AvgIpc) is 2.26. The molecular weight excluding hydrogens is 212 g/mol. The second kappa shape index (κ2) is 3.87. The molecule has 0 aliphatic rings. The van der Waals surface area contributed by atoms with Gasteiger partial charge in [0, 0.05) is 5.56 Å². The second-order valence-electron chi connectivity index (χ2n) is 3.18. The first-order chi connectivity index (χ1) is 7.18. The van der Waals surface area contributed by atoms with Crippen molar-refractivity contribution in [2.75, 3.05) is 0 Å². The van der Waals surface area contributed by atoms with Crippen LogP contribution in [0.4, 0.5) is 0 Å². The van der Waals surface area contributed by atoms with Gasteiger partial charge in [-0.3, -0.25) is 4.79 Å². The van der Waals surface area contributed by atoms with E-state index in [9.17, 15) is 4.79 Å². The molecule has 0 fully saturated rings. The van der Waals surface area contributed by atoms with Crippen molar-refractivity contribution in [3.05, 3.63) is 51.4 Å². The van der Waals surface area contributed by atoms with Crippen molar-refractivity contribution < 1.29 is 0 Å². The van der Waals surface area contributed by atoms with Gasteiger partial charge in [-0.25, -0.2) is 4.98 Å². The fraction of sp³-hybridized carbons (Fsp3) is 0.0909. The van der Waals surface area contributed by atoms with Crippen LogP contribution >= 0.6 is 11.6 Å². The lowest BCUT2D eigenvalue weighted by Gasteiger charge is -2.02. The lowest BCUT2D eigenvalue weighted by Crippen LogP contribution is -2.11. The second-order valence-corrected chi connectivity index (χ2v) is 3.56. The number of nitrogens with zero attached hydrogens (tertiary/aromatic N) is 1. The Labute approximate surface area is 91.8 Å². The summed E-state index contributed by atoms with van der Waals surface area (Å²) in [5.74, 6) is 0.544. The van der Waals surface area contributed by atoms with Crippen LogP contribution in [0.3, 0.4) is 0 Å². The van der Waals surface area contributed by atoms with Gasteiger partial charge in [0.25, 0.3) is 5.56 Å². The number of rotatable bonds is 1. The molecule has 0 unspecified atom stereocenters. The van der Waals surface area contributed by atoms with Crippen LogP contribution in [-0.2, 0) is 0 Å². The fourth-order valence-corrected chi connectivity index (χ4v) is 1.39. The maximum absolute atomic E-state index is 11.4. The number of nitrogens with one attached hydrogen (secondary N) is 1. The highest BCUT2D eigenvalue weighted by Gasteiger charge is 2.06. The molecule has 3 nitrogen and oxygen atoms in total. The van der Waals surface area contributed by atoms with Crippen LogP contribution in [0.2, 0.25) is 5.02 Å². The molecule has 76 valence electrons. The number of H-pyrrole nitrogens is 1. The summed E-state index contributed by atoms with van der Waals surface area (Å²) in [6.45, 7) is 1.71. The smallest absolute Gasteiger partial charge is 0.270 e. The lowest BCUT2D eigenvalue weighted by atomic mass is 10.2. The Morgan fingerprint density at radius 1 is 1.27 bits per heavy atom. The quantitative estimate of drug-likeness (QED) is 0.802. The highest BCUT2D eigenvalue weighted by atomic mass is 35.5. The minimum atomic E-state index is -0.303. The van der Waals surface area contributed by atoms with Crippen molar-refractivity contribution in [1.29, 1.82) is 0 Å². The largest absolute Gasteiger partial charge is 0.305 e. The van der Waals surface area contributed by atoms with E-state index in [0.29, 0.717) is 11.5 Å². The van der Waals surface area contributed by atoms with E-state index in [-0.39, 0.29) is 10.6 Å². The molecule has 1 heterocycles.